The molecule has 0 unspecified atom stereocenters. The molecule has 0 spiro atoms. The largest absolute Gasteiger partial charge is 0.347 e. The number of aromatic nitrogens is 3. The summed E-state index contributed by atoms with van der Waals surface area (Å²) in [7, 11) is 1.60. The molecule has 0 amide bonds. The zero-order valence-electron chi connectivity index (χ0n) is 11.7. The van der Waals surface area contributed by atoms with E-state index in [0.717, 1.165) is 5.92 Å². The minimum atomic E-state index is -0.148. The smallest absolute Gasteiger partial charge is 0.246 e. The summed E-state index contributed by atoms with van der Waals surface area (Å²) >= 11 is 0. The fourth-order valence-electron chi connectivity index (χ4n) is 5.50. The van der Waals surface area contributed by atoms with Crippen LogP contribution in [0.4, 0.5) is 0 Å². The van der Waals surface area contributed by atoms with Gasteiger partial charge in [0.1, 0.15) is 0 Å². The van der Waals surface area contributed by atoms with Crippen molar-refractivity contribution in [3.05, 3.63) is 33.1 Å². The Bertz CT molecular complexity index is 748. The van der Waals surface area contributed by atoms with Gasteiger partial charge >= 0.3 is 11.4 Å². The molecule has 0 aromatic carbocycles. The fourth-order valence-corrected chi connectivity index (χ4v) is 5.50. The molecule has 0 N–H and O–H groups in total. The second kappa shape index (κ2) is 3.21. The summed E-state index contributed by atoms with van der Waals surface area (Å²) in [5.74, 6) is 1.33. The molecule has 5 heteroatoms. The summed E-state index contributed by atoms with van der Waals surface area (Å²) in [5, 5.41) is 0. The maximum atomic E-state index is 12.5. The molecule has 2 bridgehead atoms. The van der Waals surface area contributed by atoms with Gasteiger partial charge in [-0.3, -0.25) is 0 Å². The van der Waals surface area contributed by atoms with Gasteiger partial charge in [-0.25, -0.2) is 23.5 Å². The summed E-state index contributed by atoms with van der Waals surface area (Å²) in [6.45, 7) is 0. The molecule has 4 atom stereocenters. The van der Waals surface area contributed by atoms with Crippen LogP contribution in [0.3, 0.4) is 0 Å². The number of nitrogens with zero attached hydrogens (tertiary/aromatic N) is 3. The van der Waals surface area contributed by atoms with Crippen LogP contribution in [0.1, 0.15) is 44.2 Å². The molecular weight excluding hydrogens is 254 g/mol. The van der Waals surface area contributed by atoms with E-state index in [4.69, 9.17) is 0 Å². The Kier molecular flexibility index (Phi) is 1.79. The van der Waals surface area contributed by atoms with Crippen molar-refractivity contribution in [2.45, 2.75) is 44.2 Å². The van der Waals surface area contributed by atoms with Gasteiger partial charge in [0, 0.05) is 12.5 Å². The van der Waals surface area contributed by atoms with Crippen LogP contribution in [0, 0.1) is 17.3 Å². The molecule has 1 aromatic heterocycles. The minimum absolute atomic E-state index is 0.101. The van der Waals surface area contributed by atoms with Crippen LogP contribution in [0.15, 0.2) is 21.7 Å². The molecule has 0 radical (unpaired) electrons. The van der Waals surface area contributed by atoms with Crippen LogP contribution in [0.2, 0.25) is 0 Å². The number of rotatable bonds is 1. The molecule has 2 fully saturated rings. The van der Waals surface area contributed by atoms with Crippen molar-refractivity contribution in [3.63, 3.8) is 0 Å². The van der Waals surface area contributed by atoms with Crippen LogP contribution in [0.25, 0.3) is 0 Å². The Morgan fingerprint density at radius 2 is 1.85 bits per heavy atom. The lowest BCUT2D eigenvalue weighted by Crippen LogP contribution is -2.54. The first-order valence-corrected chi connectivity index (χ1v) is 7.74. The second-order valence-electron chi connectivity index (χ2n) is 7.02. The molecule has 0 saturated heterocycles. The monoisotopic (exact) mass is 273 g/mol. The predicted octanol–water partition coefficient (Wildman–Crippen LogP) is 1.21. The van der Waals surface area contributed by atoms with Gasteiger partial charge in [0.2, 0.25) is 0 Å². The van der Waals surface area contributed by atoms with Gasteiger partial charge in [-0.2, -0.15) is 0 Å². The highest BCUT2D eigenvalue weighted by Crippen LogP contribution is 2.68. The summed E-state index contributed by atoms with van der Waals surface area (Å²) in [5.41, 5.74) is -0.0257. The zero-order chi connectivity index (χ0) is 13.6. The van der Waals surface area contributed by atoms with Crippen molar-refractivity contribution >= 4 is 0 Å². The van der Waals surface area contributed by atoms with Gasteiger partial charge in [-0.1, -0.05) is 18.6 Å². The third kappa shape index (κ3) is 0.980. The van der Waals surface area contributed by atoms with Crippen molar-refractivity contribution in [3.8, 4) is 0 Å². The normalized spacial score (nSPS) is 41.0. The van der Waals surface area contributed by atoms with Gasteiger partial charge in [-0.05, 0) is 37.5 Å². The Balaban J connectivity index is 1.85. The van der Waals surface area contributed by atoms with Gasteiger partial charge in [0.25, 0.3) is 0 Å². The summed E-state index contributed by atoms with van der Waals surface area (Å²) < 4.78 is 4.78. The van der Waals surface area contributed by atoms with E-state index in [1.54, 1.807) is 16.4 Å². The third-order valence-electron chi connectivity index (χ3n) is 6.35. The third-order valence-corrected chi connectivity index (χ3v) is 6.35. The lowest BCUT2D eigenvalue weighted by atomic mass is 9.61. The number of hydrogen-bond donors (Lipinski definition) is 0. The van der Waals surface area contributed by atoms with E-state index >= 15 is 0 Å². The van der Waals surface area contributed by atoms with Crippen LogP contribution in [-0.2, 0) is 7.05 Å². The quantitative estimate of drug-likeness (QED) is 0.722. The van der Waals surface area contributed by atoms with Crippen molar-refractivity contribution in [2.75, 3.05) is 0 Å². The van der Waals surface area contributed by atoms with E-state index < -0.39 is 0 Å². The van der Waals surface area contributed by atoms with E-state index in [0.29, 0.717) is 5.92 Å². The molecule has 20 heavy (non-hydrogen) atoms. The zero-order valence-corrected chi connectivity index (χ0v) is 11.7. The second-order valence-corrected chi connectivity index (χ2v) is 7.02. The first-order chi connectivity index (χ1) is 9.66. The van der Waals surface area contributed by atoms with E-state index in [1.807, 2.05) is 0 Å². The van der Waals surface area contributed by atoms with Crippen LogP contribution in [0.5, 0.6) is 0 Å². The molecule has 5 aliphatic rings. The van der Waals surface area contributed by atoms with Crippen molar-refractivity contribution in [1.82, 2.24) is 13.9 Å². The van der Waals surface area contributed by atoms with Crippen LogP contribution >= 0.6 is 0 Å². The SMILES string of the molecule is Cn1c(=O)n2n(c1=O)[C@H]1C=C[C@H]2[C@@]2(C3CC3)CCC[C@@H]12. The van der Waals surface area contributed by atoms with E-state index in [1.165, 1.54) is 36.7 Å². The van der Waals surface area contributed by atoms with Crippen molar-refractivity contribution in [2.24, 2.45) is 24.3 Å². The standard InChI is InChI=1S/C15H19N3O2/c1-16-13(19)17-11-6-7-12(18(17)14(16)20)15(9-4-5-9)8-2-3-10(11)15/h6-7,9-12H,2-5,8H2,1H3/t10-,11-,12-,15+/m0/s1. The highest BCUT2D eigenvalue weighted by Gasteiger charge is 2.63. The highest BCUT2D eigenvalue weighted by atomic mass is 16.2. The Morgan fingerprint density at radius 3 is 2.60 bits per heavy atom. The molecule has 3 heterocycles. The van der Waals surface area contributed by atoms with Crippen molar-refractivity contribution in [1.29, 1.82) is 0 Å². The Hall–Kier alpha value is -1.52. The highest BCUT2D eigenvalue weighted by molar-refractivity contribution is 5.23. The van der Waals surface area contributed by atoms with E-state index in [-0.39, 0.29) is 28.9 Å². The number of allylic oxidation sites excluding steroid dienone is 2. The molecule has 6 rings (SSSR count). The Morgan fingerprint density at radius 1 is 1.10 bits per heavy atom. The summed E-state index contributed by atoms with van der Waals surface area (Å²) in [4.78, 5) is 24.8. The molecular formula is C15H19N3O2. The maximum Gasteiger partial charge on any atom is 0.347 e. The lowest BCUT2D eigenvalue weighted by Gasteiger charge is -2.52. The molecule has 2 aliphatic heterocycles. The predicted molar refractivity (Wildman–Crippen MR) is 73.6 cm³/mol. The van der Waals surface area contributed by atoms with Crippen molar-refractivity contribution < 1.29 is 0 Å². The first kappa shape index (κ1) is 11.2. The fraction of sp³-hybridized carbons (Fsp3) is 0.733. The first-order valence-electron chi connectivity index (χ1n) is 7.74. The lowest BCUT2D eigenvalue weighted by molar-refractivity contribution is 0.000448. The van der Waals surface area contributed by atoms with Gasteiger partial charge in [-0.15, -0.1) is 0 Å². The minimum Gasteiger partial charge on any atom is -0.246 e. The van der Waals surface area contributed by atoms with E-state index in [9.17, 15) is 9.59 Å². The summed E-state index contributed by atoms with van der Waals surface area (Å²) in [6.07, 6.45) is 10.7. The van der Waals surface area contributed by atoms with Crippen LogP contribution < -0.4 is 11.4 Å². The Labute approximate surface area is 116 Å². The number of hydrogen-bond acceptors (Lipinski definition) is 2. The average Bonchev–Trinajstić information content (AvgIpc) is 3.18. The van der Waals surface area contributed by atoms with Gasteiger partial charge in [0.05, 0.1) is 12.1 Å². The molecule has 106 valence electrons. The van der Waals surface area contributed by atoms with Gasteiger partial charge in [0.15, 0.2) is 0 Å². The summed E-state index contributed by atoms with van der Waals surface area (Å²) in [6, 6.07) is 0.207. The van der Waals surface area contributed by atoms with Gasteiger partial charge < -0.3 is 0 Å². The maximum absolute atomic E-state index is 12.5. The van der Waals surface area contributed by atoms with Crippen LogP contribution in [-0.4, -0.2) is 13.9 Å². The topological polar surface area (TPSA) is 48.9 Å². The molecule has 1 aromatic rings. The molecule has 2 saturated carbocycles. The molecule has 3 aliphatic carbocycles. The molecule has 5 nitrogen and oxygen atoms in total. The average molecular weight is 273 g/mol. The van der Waals surface area contributed by atoms with E-state index in [2.05, 4.69) is 12.2 Å².